The summed E-state index contributed by atoms with van der Waals surface area (Å²) in [6, 6.07) is 12.1. The molecule has 0 unspecified atom stereocenters. The molecule has 0 aliphatic carbocycles. The predicted molar refractivity (Wildman–Crippen MR) is 108 cm³/mol. The summed E-state index contributed by atoms with van der Waals surface area (Å²) in [5.74, 6) is 3.56. The molecule has 2 aliphatic rings. The molecule has 5 rings (SSSR count). The number of rotatable bonds is 3. The minimum atomic E-state index is 0.107. The number of benzene rings is 1. The highest BCUT2D eigenvalue weighted by Gasteiger charge is 2.25. The molecule has 0 N–H and O–H groups in total. The van der Waals surface area contributed by atoms with Crippen LogP contribution in [0.5, 0.6) is 0 Å². The molecule has 2 aliphatic heterocycles. The van der Waals surface area contributed by atoms with Crippen LogP contribution in [-0.2, 0) is 17.9 Å². The Morgan fingerprint density at radius 3 is 2.34 bits per heavy atom. The summed E-state index contributed by atoms with van der Waals surface area (Å²) in [6.07, 6.45) is 1.57. The average molecular weight is 390 g/mol. The maximum absolute atomic E-state index is 12.0. The monoisotopic (exact) mass is 390 g/mol. The van der Waals surface area contributed by atoms with Crippen molar-refractivity contribution in [2.75, 3.05) is 43.0 Å². The topological polar surface area (TPSA) is 83.3 Å². The van der Waals surface area contributed by atoms with Crippen molar-refractivity contribution < 1.29 is 4.79 Å². The van der Waals surface area contributed by atoms with E-state index in [2.05, 4.69) is 41.8 Å². The van der Waals surface area contributed by atoms with E-state index < -0.39 is 0 Å². The summed E-state index contributed by atoms with van der Waals surface area (Å²) in [7, 11) is 1.83. The smallest absolute Gasteiger partial charge is 0.241 e. The number of piperazine rings is 1. The number of carbonyl (C=O) groups excluding carboxylic acids is 1. The van der Waals surface area contributed by atoms with Gasteiger partial charge in [-0.05, 0) is 0 Å². The Hall–Kier alpha value is -3.49. The first-order chi connectivity index (χ1) is 14.2. The number of hydrogen-bond donors (Lipinski definition) is 0. The summed E-state index contributed by atoms with van der Waals surface area (Å²) >= 11 is 0. The number of hydrogen-bond acceptors (Lipinski definition) is 7. The van der Waals surface area contributed by atoms with Gasteiger partial charge in [0.2, 0.25) is 5.91 Å². The van der Waals surface area contributed by atoms with Crippen molar-refractivity contribution >= 4 is 17.5 Å². The zero-order valence-corrected chi connectivity index (χ0v) is 16.3. The molecule has 0 spiro atoms. The third-order valence-corrected chi connectivity index (χ3v) is 5.53. The quantitative estimate of drug-likeness (QED) is 0.661. The third kappa shape index (κ3) is 3.28. The van der Waals surface area contributed by atoms with E-state index in [0.717, 1.165) is 48.5 Å². The number of carbonyl (C=O) groups is 1. The Morgan fingerprint density at radius 2 is 1.59 bits per heavy atom. The lowest BCUT2D eigenvalue weighted by atomic mass is 10.2. The molecule has 9 nitrogen and oxygen atoms in total. The second kappa shape index (κ2) is 7.16. The summed E-state index contributed by atoms with van der Waals surface area (Å²) in [6.45, 7) is 4.06. The molecule has 1 fully saturated rings. The van der Waals surface area contributed by atoms with Crippen LogP contribution in [0.15, 0.2) is 42.7 Å². The number of aromatic nitrogens is 5. The standard InChI is InChI=1S/C20H22N8O/c1-25-7-8-27(13-19(25)29)17-11-16(21-14-22-17)26-9-10-28-18(12-26)23-24-20(28)15-5-3-2-4-6-15/h2-6,11,14H,7-10,12-13H2,1H3. The van der Waals surface area contributed by atoms with Crippen LogP contribution in [0, 0.1) is 0 Å². The molecule has 1 saturated heterocycles. The fourth-order valence-corrected chi connectivity index (χ4v) is 3.79. The van der Waals surface area contributed by atoms with Crippen molar-refractivity contribution in [3.8, 4) is 11.4 Å². The molecule has 0 bridgehead atoms. The fourth-order valence-electron chi connectivity index (χ4n) is 3.79. The maximum atomic E-state index is 12.0. The number of amides is 1. The van der Waals surface area contributed by atoms with Crippen LogP contribution < -0.4 is 9.80 Å². The van der Waals surface area contributed by atoms with E-state index in [-0.39, 0.29) is 5.91 Å². The van der Waals surface area contributed by atoms with E-state index in [0.29, 0.717) is 19.6 Å². The molecule has 4 heterocycles. The lowest BCUT2D eigenvalue weighted by Gasteiger charge is -2.33. The van der Waals surface area contributed by atoms with Gasteiger partial charge in [0, 0.05) is 44.9 Å². The minimum absolute atomic E-state index is 0.107. The Balaban J connectivity index is 1.36. The molecule has 0 saturated carbocycles. The SMILES string of the molecule is CN1CCN(c2cc(N3CCn4c(nnc4-c4ccccc4)C3)ncn2)CC1=O. The highest BCUT2D eigenvalue weighted by molar-refractivity contribution is 5.82. The van der Waals surface area contributed by atoms with Gasteiger partial charge in [-0.1, -0.05) is 30.3 Å². The van der Waals surface area contributed by atoms with E-state index in [9.17, 15) is 4.79 Å². The van der Waals surface area contributed by atoms with E-state index in [1.54, 1.807) is 11.2 Å². The molecule has 2 aromatic heterocycles. The van der Waals surface area contributed by atoms with E-state index in [4.69, 9.17) is 0 Å². The molecule has 148 valence electrons. The van der Waals surface area contributed by atoms with Gasteiger partial charge in [0.05, 0.1) is 13.1 Å². The number of anilines is 2. The van der Waals surface area contributed by atoms with Gasteiger partial charge < -0.3 is 19.3 Å². The lowest BCUT2D eigenvalue weighted by Crippen LogP contribution is -2.48. The van der Waals surface area contributed by atoms with Crippen LogP contribution in [0.3, 0.4) is 0 Å². The second-order valence-corrected chi connectivity index (χ2v) is 7.35. The first-order valence-corrected chi connectivity index (χ1v) is 9.72. The van der Waals surface area contributed by atoms with Gasteiger partial charge in [0.15, 0.2) is 11.6 Å². The van der Waals surface area contributed by atoms with E-state index in [1.807, 2.05) is 36.2 Å². The van der Waals surface area contributed by atoms with Crippen molar-refractivity contribution in [1.29, 1.82) is 0 Å². The Kier molecular flexibility index (Phi) is 4.34. The summed E-state index contributed by atoms with van der Waals surface area (Å²) in [5, 5.41) is 8.81. The molecule has 1 aromatic carbocycles. The highest BCUT2D eigenvalue weighted by Crippen LogP contribution is 2.25. The van der Waals surface area contributed by atoms with Crippen molar-refractivity contribution in [1.82, 2.24) is 29.6 Å². The molecular weight excluding hydrogens is 368 g/mol. The molecule has 0 radical (unpaired) electrons. The molecule has 9 heteroatoms. The lowest BCUT2D eigenvalue weighted by molar-refractivity contribution is -0.129. The van der Waals surface area contributed by atoms with Gasteiger partial charge in [0.1, 0.15) is 18.0 Å². The van der Waals surface area contributed by atoms with Crippen LogP contribution in [0.1, 0.15) is 5.82 Å². The normalized spacial score (nSPS) is 16.9. The first kappa shape index (κ1) is 17.6. The Bertz CT molecular complexity index is 1030. The van der Waals surface area contributed by atoms with Gasteiger partial charge in [-0.3, -0.25) is 4.79 Å². The van der Waals surface area contributed by atoms with Gasteiger partial charge >= 0.3 is 0 Å². The summed E-state index contributed by atoms with van der Waals surface area (Å²) < 4.78 is 2.17. The van der Waals surface area contributed by atoms with Gasteiger partial charge in [-0.2, -0.15) is 0 Å². The van der Waals surface area contributed by atoms with Crippen molar-refractivity contribution in [3.63, 3.8) is 0 Å². The Labute approximate surface area is 168 Å². The van der Waals surface area contributed by atoms with Crippen molar-refractivity contribution in [2.24, 2.45) is 0 Å². The van der Waals surface area contributed by atoms with Crippen molar-refractivity contribution in [2.45, 2.75) is 13.1 Å². The third-order valence-electron chi connectivity index (χ3n) is 5.53. The molecule has 1 amide bonds. The highest BCUT2D eigenvalue weighted by atomic mass is 16.2. The van der Waals surface area contributed by atoms with Crippen LogP contribution in [0.2, 0.25) is 0 Å². The molecule has 3 aromatic rings. The fraction of sp³-hybridized carbons (Fsp3) is 0.350. The average Bonchev–Trinajstić information content (AvgIpc) is 3.20. The van der Waals surface area contributed by atoms with Crippen molar-refractivity contribution in [3.05, 3.63) is 48.5 Å². The second-order valence-electron chi connectivity index (χ2n) is 7.35. The largest absolute Gasteiger partial charge is 0.347 e. The number of fused-ring (bicyclic) bond motifs is 1. The zero-order chi connectivity index (χ0) is 19.8. The number of nitrogens with zero attached hydrogens (tertiary/aromatic N) is 8. The van der Waals surface area contributed by atoms with Gasteiger partial charge in [-0.15, -0.1) is 10.2 Å². The molecule has 29 heavy (non-hydrogen) atoms. The summed E-state index contributed by atoms with van der Waals surface area (Å²) in [5.41, 5.74) is 1.07. The first-order valence-electron chi connectivity index (χ1n) is 9.72. The minimum Gasteiger partial charge on any atom is -0.347 e. The summed E-state index contributed by atoms with van der Waals surface area (Å²) in [4.78, 5) is 26.8. The van der Waals surface area contributed by atoms with E-state index in [1.165, 1.54) is 0 Å². The maximum Gasteiger partial charge on any atom is 0.241 e. The predicted octanol–water partition coefficient (Wildman–Crippen LogP) is 1.03. The van der Waals surface area contributed by atoms with E-state index >= 15 is 0 Å². The number of likely N-dealkylation sites (N-methyl/N-ethyl adjacent to an activating group) is 1. The van der Waals surface area contributed by atoms with Crippen LogP contribution in [0.4, 0.5) is 11.6 Å². The zero-order valence-electron chi connectivity index (χ0n) is 16.3. The van der Waals surface area contributed by atoms with Gasteiger partial charge in [0.25, 0.3) is 0 Å². The Morgan fingerprint density at radius 1 is 0.862 bits per heavy atom. The van der Waals surface area contributed by atoms with Crippen LogP contribution in [0.25, 0.3) is 11.4 Å². The van der Waals surface area contributed by atoms with Crippen LogP contribution >= 0.6 is 0 Å². The van der Waals surface area contributed by atoms with Gasteiger partial charge in [-0.25, -0.2) is 9.97 Å². The molecule has 0 atom stereocenters. The molecular formula is C20H22N8O. The van der Waals surface area contributed by atoms with Crippen LogP contribution in [-0.4, -0.2) is 68.8 Å².